The Kier molecular flexibility index (Phi) is 3.84. The van der Waals surface area contributed by atoms with Crippen LogP contribution in [0.2, 0.25) is 5.02 Å². The summed E-state index contributed by atoms with van der Waals surface area (Å²) >= 11 is 5.83. The van der Waals surface area contributed by atoms with Crippen LogP contribution >= 0.6 is 11.6 Å². The molecule has 0 unspecified atom stereocenters. The lowest BCUT2D eigenvalue weighted by Gasteiger charge is -2.05. The van der Waals surface area contributed by atoms with Crippen molar-refractivity contribution in [1.29, 1.82) is 0 Å². The lowest BCUT2D eigenvalue weighted by molar-refractivity contribution is 1.00. The van der Waals surface area contributed by atoms with E-state index in [0.717, 1.165) is 23.7 Å². The van der Waals surface area contributed by atoms with Crippen molar-refractivity contribution in [1.82, 2.24) is 0 Å². The third-order valence-electron chi connectivity index (χ3n) is 1.71. The van der Waals surface area contributed by atoms with E-state index in [0.29, 0.717) is 0 Å². The second-order valence-electron chi connectivity index (χ2n) is 3.14. The van der Waals surface area contributed by atoms with E-state index in [-0.39, 0.29) is 0 Å². The van der Waals surface area contributed by atoms with Gasteiger partial charge in [-0.2, -0.15) is 0 Å². The van der Waals surface area contributed by atoms with Gasteiger partial charge in [-0.1, -0.05) is 23.2 Å². The van der Waals surface area contributed by atoms with Gasteiger partial charge in [-0.3, -0.25) is 0 Å². The first-order valence-electron chi connectivity index (χ1n) is 4.32. The van der Waals surface area contributed by atoms with Crippen LogP contribution in [-0.2, 0) is 0 Å². The maximum Gasteiger partial charge on any atom is 0.0426 e. The molecule has 2 heteroatoms. The van der Waals surface area contributed by atoms with Crippen LogP contribution in [0.3, 0.4) is 0 Å². The Morgan fingerprint density at radius 1 is 1.54 bits per heavy atom. The SMILES string of the molecule is C=C(C)CCNc1cccc(Cl)c1. The van der Waals surface area contributed by atoms with E-state index in [2.05, 4.69) is 11.9 Å². The number of halogens is 1. The molecule has 0 saturated carbocycles. The monoisotopic (exact) mass is 195 g/mol. The average Bonchev–Trinajstić information content (AvgIpc) is 2.03. The molecular weight excluding hydrogens is 182 g/mol. The van der Waals surface area contributed by atoms with Crippen LogP contribution in [0, 0.1) is 0 Å². The smallest absolute Gasteiger partial charge is 0.0426 e. The van der Waals surface area contributed by atoms with E-state index in [1.54, 1.807) is 0 Å². The predicted octanol–water partition coefficient (Wildman–Crippen LogP) is 3.72. The molecule has 0 fully saturated rings. The van der Waals surface area contributed by atoms with Crippen LogP contribution in [0.4, 0.5) is 5.69 Å². The van der Waals surface area contributed by atoms with E-state index >= 15 is 0 Å². The van der Waals surface area contributed by atoms with Gasteiger partial charge in [-0.25, -0.2) is 0 Å². The van der Waals surface area contributed by atoms with Crippen molar-refractivity contribution < 1.29 is 0 Å². The Balaban J connectivity index is 2.41. The summed E-state index contributed by atoms with van der Waals surface area (Å²) in [4.78, 5) is 0. The van der Waals surface area contributed by atoms with Gasteiger partial charge in [0.05, 0.1) is 0 Å². The maximum absolute atomic E-state index is 5.83. The molecule has 0 amide bonds. The van der Waals surface area contributed by atoms with Crippen LogP contribution in [-0.4, -0.2) is 6.54 Å². The zero-order valence-corrected chi connectivity index (χ0v) is 8.56. The molecule has 0 aliphatic carbocycles. The summed E-state index contributed by atoms with van der Waals surface area (Å²) < 4.78 is 0. The Morgan fingerprint density at radius 2 is 2.31 bits per heavy atom. The van der Waals surface area contributed by atoms with Crippen molar-refractivity contribution in [3.8, 4) is 0 Å². The quantitative estimate of drug-likeness (QED) is 0.723. The van der Waals surface area contributed by atoms with E-state index in [4.69, 9.17) is 11.6 Å². The molecule has 0 saturated heterocycles. The molecule has 0 heterocycles. The maximum atomic E-state index is 5.83. The summed E-state index contributed by atoms with van der Waals surface area (Å²) in [7, 11) is 0. The number of benzene rings is 1. The second kappa shape index (κ2) is 4.93. The molecule has 0 radical (unpaired) electrons. The summed E-state index contributed by atoms with van der Waals surface area (Å²) in [5.41, 5.74) is 2.25. The molecule has 1 rings (SSSR count). The van der Waals surface area contributed by atoms with Crippen LogP contribution in [0.1, 0.15) is 13.3 Å². The Morgan fingerprint density at radius 3 is 2.92 bits per heavy atom. The number of nitrogens with one attached hydrogen (secondary N) is 1. The van der Waals surface area contributed by atoms with Crippen molar-refractivity contribution >= 4 is 17.3 Å². The van der Waals surface area contributed by atoms with Gasteiger partial charge in [-0.05, 0) is 31.5 Å². The highest BCUT2D eigenvalue weighted by molar-refractivity contribution is 6.30. The molecule has 0 aromatic heterocycles. The summed E-state index contributed by atoms with van der Waals surface area (Å²) in [6.07, 6.45) is 0.993. The van der Waals surface area contributed by atoms with Gasteiger partial charge in [-0.15, -0.1) is 6.58 Å². The van der Waals surface area contributed by atoms with Gasteiger partial charge in [0.2, 0.25) is 0 Å². The average molecular weight is 196 g/mol. The highest BCUT2D eigenvalue weighted by Crippen LogP contribution is 2.14. The second-order valence-corrected chi connectivity index (χ2v) is 3.58. The Labute approximate surface area is 84.4 Å². The fourth-order valence-corrected chi connectivity index (χ4v) is 1.21. The summed E-state index contributed by atoms with van der Waals surface area (Å²) in [6.45, 7) is 6.78. The molecule has 0 aliphatic heterocycles. The Bertz CT molecular complexity index is 294. The van der Waals surface area contributed by atoms with Crippen molar-refractivity contribution in [3.63, 3.8) is 0 Å². The van der Waals surface area contributed by atoms with Crippen LogP contribution < -0.4 is 5.32 Å². The van der Waals surface area contributed by atoms with Crippen LogP contribution in [0.25, 0.3) is 0 Å². The molecule has 0 bridgehead atoms. The zero-order valence-electron chi connectivity index (χ0n) is 7.81. The minimum absolute atomic E-state index is 0.764. The largest absolute Gasteiger partial charge is 0.385 e. The van der Waals surface area contributed by atoms with Crippen LogP contribution in [0.15, 0.2) is 36.4 Å². The van der Waals surface area contributed by atoms with E-state index in [9.17, 15) is 0 Å². The molecule has 0 aliphatic rings. The topological polar surface area (TPSA) is 12.0 Å². The fraction of sp³-hybridized carbons (Fsp3) is 0.273. The number of hydrogen-bond donors (Lipinski definition) is 1. The van der Waals surface area contributed by atoms with Crippen molar-refractivity contribution in [2.75, 3.05) is 11.9 Å². The standard InChI is InChI=1S/C11H14ClN/c1-9(2)6-7-13-11-5-3-4-10(12)8-11/h3-5,8,13H,1,6-7H2,2H3. The van der Waals surface area contributed by atoms with Gasteiger partial charge in [0.1, 0.15) is 0 Å². The number of anilines is 1. The first-order chi connectivity index (χ1) is 6.18. The van der Waals surface area contributed by atoms with Gasteiger partial charge in [0.15, 0.2) is 0 Å². The highest BCUT2D eigenvalue weighted by Gasteiger charge is 1.92. The molecule has 70 valence electrons. The molecule has 1 aromatic carbocycles. The molecule has 1 nitrogen and oxygen atoms in total. The van der Waals surface area contributed by atoms with Gasteiger partial charge in [0.25, 0.3) is 0 Å². The molecular formula is C11H14ClN. The summed E-state index contributed by atoms with van der Waals surface area (Å²) in [6, 6.07) is 7.72. The van der Waals surface area contributed by atoms with Gasteiger partial charge in [0, 0.05) is 17.3 Å². The highest BCUT2D eigenvalue weighted by atomic mass is 35.5. The van der Waals surface area contributed by atoms with Gasteiger partial charge >= 0.3 is 0 Å². The lowest BCUT2D eigenvalue weighted by Crippen LogP contribution is -2.01. The van der Waals surface area contributed by atoms with E-state index in [1.807, 2.05) is 31.2 Å². The third-order valence-corrected chi connectivity index (χ3v) is 1.94. The number of rotatable bonds is 4. The minimum atomic E-state index is 0.764. The molecule has 0 atom stereocenters. The van der Waals surface area contributed by atoms with E-state index < -0.39 is 0 Å². The molecule has 13 heavy (non-hydrogen) atoms. The summed E-state index contributed by atoms with van der Waals surface area (Å²) in [5, 5.41) is 4.04. The first-order valence-corrected chi connectivity index (χ1v) is 4.70. The lowest BCUT2D eigenvalue weighted by atomic mass is 10.2. The molecule has 0 spiro atoms. The minimum Gasteiger partial charge on any atom is -0.385 e. The predicted molar refractivity (Wildman–Crippen MR) is 59.4 cm³/mol. The van der Waals surface area contributed by atoms with Crippen molar-refractivity contribution in [3.05, 3.63) is 41.4 Å². The van der Waals surface area contributed by atoms with E-state index in [1.165, 1.54) is 5.57 Å². The molecule has 1 aromatic rings. The van der Waals surface area contributed by atoms with Crippen molar-refractivity contribution in [2.24, 2.45) is 0 Å². The third kappa shape index (κ3) is 4.00. The first kappa shape index (κ1) is 10.1. The summed E-state index contributed by atoms with van der Waals surface area (Å²) in [5.74, 6) is 0. The van der Waals surface area contributed by atoms with Crippen molar-refractivity contribution in [2.45, 2.75) is 13.3 Å². The van der Waals surface area contributed by atoms with Gasteiger partial charge < -0.3 is 5.32 Å². The Hall–Kier alpha value is -0.950. The molecule has 1 N–H and O–H groups in total. The van der Waals surface area contributed by atoms with Crippen LogP contribution in [0.5, 0.6) is 0 Å². The number of hydrogen-bond acceptors (Lipinski definition) is 1. The fourth-order valence-electron chi connectivity index (χ4n) is 1.02. The zero-order chi connectivity index (χ0) is 9.68. The normalized spacial score (nSPS) is 9.69.